The van der Waals surface area contributed by atoms with Crippen LogP contribution < -0.4 is 4.90 Å². The zero-order valence-corrected chi connectivity index (χ0v) is 18.8. The number of nitrogens with zero attached hydrogens (tertiary/aromatic N) is 5. The molecule has 2 aromatic carbocycles. The van der Waals surface area contributed by atoms with Gasteiger partial charge in [-0.1, -0.05) is 69.7 Å². The van der Waals surface area contributed by atoms with Gasteiger partial charge in [-0.15, -0.1) is 10.2 Å². The minimum atomic E-state index is 0.749. The number of benzene rings is 2. The molecular weight excluding hydrogens is 446 g/mol. The Morgan fingerprint density at radius 3 is 2.38 bits per heavy atom. The molecule has 7 heteroatoms. The van der Waals surface area contributed by atoms with Crippen LogP contribution in [0.15, 0.2) is 59.1 Å². The maximum Gasteiger partial charge on any atom is 0.213 e. The second kappa shape index (κ2) is 8.39. The van der Waals surface area contributed by atoms with E-state index >= 15 is 0 Å². The average Bonchev–Trinajstić information content (AvgIpc) is 3.21. The molecular formula is C22H20BrN5S. The Morgan fingerprint density at radius 2 is 1.66 bits per heavy atom. The summed E-state index contributed by atoms with van der Waals surface area (Å²) in [4.78, 5) is 11.4. The van der Waals surface area contributed by atoms with Crippen LogP contribution in [0.1, 0.15) is 22.6 Å². The molecule has 4 rings (SSSR count). The molecule has 0 fully saturated rings. The minimum Gasteiger partial charge on any atom is -0.304 e. The molecule has 0 saturated heterocycles. The Labute approximate surface area is 182 Å². The standard InChI is InChI=1S/C22H20BrN5S/c1-14-19(13-16-7-5-4-6-8-16)20(25-15(2)24-14)28(3)22-27-26-21(29-22)17-9-11-18(23)12-10-17/h4-12H,13H2,1-3H3. The normalized spacial score (nSPS) is 10.9. The van der Waals surface area contributed by atoms with Crippen molar-refractivity contribution in [3.63, 3.8) is 0 Å². The summed E-state index contributed by atoms with van der Waals surface area (Å²) in [6.45, 7) is 3.96. The summed E-state index contributed by atoms with van der Waals surface area (Å²) in [6, 6.07) is 18.5. The first-order valence-corrected chi connectivity index (χ1v) is 10.8. The summed E-state index contributed by atoms with van der Waals surface area (Å²) >= 11 is 5.02. The summed E-state index contributed by atoms with van der Waals surface area (Å²) < 4.78 is 1.04. The van der Waals surface area contributed by atoms with Crippen LogP contribution in [0.3, 0.4) is 0 Å². The molecule has 4 aromatic rings. The SMILES string of the molecule is Cc1nc(C)c(Cc2ccccc2)c(N(C)c2nnc(-c3ccc(Br)cc3)s2)n1. The quantitative estimate of drug-likeness (QED) is 0.376. The van der Waals surface area contributed by atoms with Crippen molar-refractivity contribution >= 4 is 38.2 Å². The van der Waals surface area contributed by atoms with E-state index in [0.29, 0.717) is 0 Å². The van der Waals surface area contributed by atoms with Crippen molar-refractivity contribution in [2.24, 2.45) is 0 Å². The molecule has 0 saturated carbocycles. The highest BCUT2D eigenvalue weighted by Crippen LogP contribution is 2.34. The predicted molar refractivity (Wildman–Crippen MR) is 122 cm³/mol. The molecule has 2 heterocycles. The van der Waals surface area contributed by atoms with Gasteiger partial charge in [-0.05, 0) is 31.5 Å². The van der Waals surface area contributed by atoms with Crippen molar-refractivity contribution in [1.82, 2.24) is 20.2 Å². The second-order valence-electron chi connectivity index (χ2n) is 6.78. The van der Waals surface area contributed by atoms with Crippen LogP contribution in [-0.4, -0.2) is 27.2 Å². The van der Waals surface area contributed by atoms with Gasteiger partial charge in [0.25, 0.3) is 0 Å². The van der Waals surface area contributed by atoms with Crippen LogP contribution >= 0.6 is 27.3 Å². The Balaban J connectivity index is 1.70. The molecule has 0 aliphatic carbocycles. The van der Waals surface area contributed by atoms with Crippen LogP contribution in [0.4, 0.5) is 10.9 Å². The van der Waals surface area contributed by atoms with Crippen molar-refractivity contribution in [3.8, 4) is 10.6 Å². The number of aromatic nitrogens is 4. The van der Waals surface area contributed by atoms with Gasteiger partial charge in [0.15, 0.2) is 0 Å². The first-order valence-electron chi connectivity index (χ1n) is 9.22. The number of aryl methyl sites for hydroxylation is 2. The van der Waals surface area contributed by atoms with Crippen molar-refractivity contribution in [2.75, 3.05) is 11.9 Å². The summed E-state index contributed by atoms with van der Waals surface area (Å²) in [7, 11) is 1.99. The van der Waals surface area contributed by atoms with Crippen LogP contribution in [0.25, 0.3) is 10.6 Å². The summed E-state index contributed by atoms with van der Waals surface area (Å²) in [5.74, 6) is 1.62. The van der Waals surface area contributed by atoms with Crippen LogP contribution in [0.2, 0.25) is 0 Å². The third-order valence-corrected chi connectivity index (χ3v) is 6.22. The lowest BCUT2D eigenvalue weighted by Crippen LogP contribution is -2.16. The van der Waals surface area contributed by atoms with Crippen LogP contribution in [0.5, 0.6) is 0 Å². The zero-order chi connectivity index (χ0) is 20.4. The van der Waals surface area contributed by atoms with E-state index in [1.807, 2.05) is 56.1 Å². The molecule has 0 bridgehead atoms. The topological polar surface area (TPSA) is 54.8 Å². The van der Waals surface area contributed by atoms with Gasteiger partial charge in [0.1, 0.15) is 16.6 Å². The van der Waals surface area contributed by atoms with E-state index in [2.05, 4.69) is 55.4 Å². The molecule has 0 aliphatic heterocycles. The third-order valence-electron chi connectivity index (χ3n) is 4.64. The number of hydrogen-bond donors (Lipinski definition) is 0. The second-order valence-corrected chi connectivity index (χ2v) is 8.65. The van der Waals surface area contributed by atoms with Crippen molar-refractivity contribution < 1.29 is 0 Å². The Morgan fingerprint density at radius 1 is 0.931 bits per heavy atom. The Kier molecular flexibility index (Phi) is 5.69. The molecule has 2 aromatic heterocycles. The predicted octanol–water partition coefficient (Wildman–Crippen LogP) is 5.73. The van der Waals surface area contributed by atoms with E-state index in [4.69, 9.17) is 4.98 Å². The summed E-state index contributed by atoms with van der Waals surface area (Å²) in [6.07, 6.45) is 0.769. The van der Waals surface area contributed by atoms with E-state index in [-0.39, 0.29) is 0 Å². The monoisotopic (exact) mass is 465 g/mol. The lowest BCUT2D eigenvalue weighted by molar-refractivity contribution is 0.926. The maximum absolute atomic E-state index is 4.75. The first kappa shape index (κ1) is 19.7. The smallest absolute Gasteiger partial charge is 0.213 e. The van der Waals surface area contributed by atoms with Gasteiger partial charge >= 0.3 is 0 Å². The number of anilines is 2. The lowest BCUT2D eigenvalue weighted by atomic mass is 10.0. The van der Waals surface area contributed by atoms with Crippen molar-refractivity contribution in [3.05, 3.63) is 81.7 Å². The van der Waals surface area contributed by atoms with Crippen LogP contribution in [-0.2, 0) is 6.42 Å². The molecule has 5 nitrogen and oxygen atoms in total. The largest absolute Gasteiger partial charge is 0.304 e. The average molecular weight is 466 g/mol. The molecule has 0 amide bonds. The van der Waals surface area contributed by atoms with Gasteiger partial charge < -0.3 is 4.90 Å². The highest BCUT2D eigenvalue weighted by molar-refractivity contribution is 9.10. The molecule has 0 unspecified atom stereocenters. The van der Waals surface area contributed by atoms with Gasteiger partial charge in [0.2, 0.25) is 5.13 Å². The fraction of sp³-hybridized carbons (Fsp3) is 0.182. The van der Waals surface area contributed by atoms with E-state index in [0.717, 1.165) is 49.5 Å². The van der Waals surface area contributed by atoms with E-state index < -0.39 is 0 Å². The first-order chi connectivity index (χ1) is 14.0. The van der Waals surface area contributed by atoms with Gasteiger partial charge in [-0.2, -0.15) is 0 Å². The number of halogens is 1. The van der Waals surface area contributed by atoms with Gasteiger partial charge in [-0.25, -0.2) is 9.97 Å². The van der Waals surface area contributed by atoms with E-state index in [1.165, 1.54) is 5.56 Å². The Bertz CT molecular complexity index is 1130. The lowest BCUT2D eigenvalue weighted by Gasteiger charge is -2.20. The van der Waals surface area contributed by atoms with Crippen molar-refractivity contribution in [1.29, 1.82) is 0 Å². The summed E-state index contributed by atoms with van der Waals surface area (Å²) in [5.41, 5.74) is 4.36. The molecule has 146 valence electrons. The van der Waals surface area contributed by atoms with Gasteiger partial charge in [-0.3, -0.25) is 0 Å². The number of rotatable bonds is 5. The molecule has 0 atom stereocenters. The molecule has 29 heavy (non-hydrogen) atoms. The molecule has 0 aliphatic rings. The van der Waals surface area contributed by atoms with Crippen molar-refractivity contribution in [2.45, 2.75) is 20.3 Å². The fourth-order valence-electron chi connectivity index (χ4n) is 3.15. The summed E-state index contributed by atoms with van der Waals surface area (Å²) in [5, 5.41) is 10.5. The van der Waals surface area contributed by atoms with Gasteiger partial charge in [0.05, 0.1) is 0 Å². The molecule has 0 spiro atoms. The maximum atomic E-state index is 4.75. The molecule has 0 N–H and O–H groups in total. The highest BCUT2D eigenvalue weighted by Gasteiger charge is 2.19. The van der Waals surface area contributed by atoms with Crippen LogP contribution in [0, 0.1) is 13.8 Å². The zero-order valence-electron chi connectivity index (χ0n) is 16.4. The number of hydrogen-bond acceptors (Lipinski definition) is 6. The Hall–Kier alpha value is -2.64. The van der Waals surface area contributed by atoms with E-state index in [9.17, 15) is 0 Å². The van der Waals surface area contributed by atoms with E-state index in [1.54, 1.807) is 11.3 Å². The van der Waals surface area contributed by atoms with Gasteiger partial charge in [0, 0.05) is 34.8 Å². The molecule has 0 radical (unpaired) electrons. The highest BCUT2D eigenvalue weighted by atomic mass is 79.9. The third kappa shape index (κ3) is 4.36. The minimum absolute atomic E-state index is 0.749. The fourth-order valence-corrected chi connectivity index (χ4v) is 4.23.